The second-order valence-corrected chi connectivity index (χ2v) is 9.38. The minimum Gasteiger partial charge on any atom is -0.354 e. The fourth-order valence-corrected chi connectivity index (χ4v) is 4.95. The van der Waals surface area contributed by atoms with E-state index in [-0.39, 0.29) is 11.8 Å². The Hall–Kier alpha value is -2.77. The molecule has 1 amide bonds. The van der Waals surface area contributed by atoms with E-state index in [2.05, 4.69) is 57.6 Å². The molecule has 6 nitrogen and oxygen atoms in total. The maximum atomic E-state index is 12.7. The van der Waals surface area contributed by atoms with E-state index in [1.54, 1.807) is 0 Å². The lowest BCUT2D eigenvalue weighted by molar-refractivity contribution is -0.122. The lowest BCUT2D eigenvalue weighted by Gasteiger charge is -2.34. The molecule has 1 atom stereocenters. The van der Waals surface area contributed by atoms with Gasteiger partial charge in [-0.2, -0.15) is 4.37 Å². The van der Waals surface area contributed by atoms with Gasteiger partial charge < -0.3 is 10.2 Å². The summed E-state index contributed by atoms with van der Waals surface area (Å²) in [5.74, 6) is 0.944. The molecule has 1 aliphatic rings. The molecule has 1 N–H and O–H groups in total. The highest BCUT2D eigenvalue weighted by Crippen LogP contribution is 2.21. The van der Waals surface area contributed by atoms with E-state index >= 15 is 0 Å². The van der Waals surface area contributed by atoms with Gasteiger partial charge in [-0.25, -0.2) is 4.98 Å². The average Bonchev–Trinajstić information content (AvgIpc) is 3.31. The first-order valence-corrected chi connectivity index (χ1v) is 12.6. The first-order valence-electron chi connectivity index (χ1n) is 11.8. The van der Waals surface area contributed by atoms with Crippen molar-refractivity contribution in [1.82, 2.24) is 19.6 Å². The SMILES string of the molecule is CCC(C(=O)NCCN1CCN(c2nc(Cc3ccc(C)cc3)ns2)CC1)c1ccccc1. The number of nitrogens with one attached hydrogen (secondary N) is 1. The van der Waals surface area contributed by atoms with Gasteiger partial charge in [-0.05, 0) is 24.5 Å². The summed E-state index contributed by atoms with van der Waals surface area (Å²) in [6, 6.07) is 18.6. The molecule has 3 aromatic rings. The Balaban J connectivity index is 1.20. The van der Waals surface area contributed by atoms with E-state index in [0.29, 0.717) is 6.54 Å². The van der Waals surface area contributed by atoms with Crippen LogP contribution in [0.5, 0.6) is 0 Å². The molecule has 1 unspecified atom stereocenters. The molecule has 0 radical (unpaired) electrons. The van der Waals surface area contributed by atoms with Gasteiger partial charge in [0.2, 0.25) is 11.0 Å². The van der Waals surface area contributed by atoms with Crippen LogP contribution in [0.1, 0.15) is 41.8 Å². The number of rotatable bonds is 9. The monoisotopic (exact) mass is 463 g/mol. The molecule has 1 aliphatic heterocycles. The molecule has 2 heterocycles. The fraction of sp³-hybridized carbons (Fsp3) is 0.423. The average molecular weight is 464 g/mol. The van der Waals surface area contributed by atoms with E-state index in [1.807, 2.05) is 30.3 Å². The minimum absolute atomic E-state index is 0.0745. The van der Waals surface area contributed by atoms with Crippen LogP contribution in [0.4, 0.5) is 5.13 Å². The summed E-state index contributed by atoms with van der Waals surface area (Å²) in [7, 11) is 0. The third kappa shape index (κ3) is 6.39. The third-order valence-corrected chi connectivity index (χ3v) is 7.05. The van der Waals surface area contributed by atoms with E-state index < -0.39 is 0 Å². The maximum Gasteiger partial charge on any atom is 0.227 e. The van der Waals surface area contributed by atoms with Crippen LogP contribution in [-0.4, -0.2) is 59.4 Å². The number of carbonyl (C=O) groups excluding carboxylic acids is 1. The van der Waals surface area contributed by atoms with E-state index in [4.69, 9.17) is 4.98 Å². The lowest BCUT2D eigenvalue weighted by atomic mass is 9.96. The number of hydrogen-bond acceptors (Lipinski definition) is 6. The number of aromatic nitrogens is 2. The first-order chi connectivity index (χ1) is 16.1. The van der Waals surface area contributed by atoms with Gasteiger partial charge in [-0.15, -0.1) is 0 Å². The molecule has 4 rings (SSSR count). The van der Waals surface area contributed by atoms with Gasteiger partial charge in [0, 0.05) is 57.2 Å². The van der Waals surface area contributed by atoms with Crippen LogP contribution in [0.2, 0.25) is 0 Å². The molecule has 1 saturated heterocycles. The predicted octanol–water partition coefficient (Wildman–Crippen LogP) is 3.87. The number of amides is 1. The summed E-state index contributed by atoms with van der Waals surface area (Å²) in [4.78, 5) is 22.2. The number of anilines is 1. The largest absolute Gasteiger partial charge is 0.354 e. The zero-order valence-corrected chi connectivity index (χ0v) is 20.4. The molecule has 7 heteroatoms. The Morgan fingerprint density at radius 3 is 2.48 bits per heavy atom. The van der Waals surface area contributed by atoms with Crippen molar-refractivity contribution in [3.05, 3.63) is 77.1 Å². The van der Waals surface area contributed by atoms with Crippen molar-refractivity contribution in [2.24, 2.45) is 0 Å². The standard InChI is InChI=1S/C26H33N5OS/c1-3-23(22-7-5-4-6-8-22)25(32)27-13-14-30-15-17-31(18-16-30)26-28-24(29-33-26)19-21-11-9-20(2)10-12-21/h4-12,23H,3,13-19H2,1-2H3,(H,27,32). The van der Waals surface area contributed by atoms with Gasteiger partial charge in [-0.3, -0.25) is 9.69 Å². The van der Waals surface area contributed by atoms with Crippen molar-refractivity contribution in [3.8, 4) is 0 Å². The highest BCUT2D eigenvalue weighted by atomic mass is 32.1. The third-order valence-electron chi connectivity index (χ3n) is 6.24. The van der Waals surface area contributed by atoms with Crippen LogP contribution in [0.25, 0.3) is 0 Å². The topological polar surface area (TPSA) is 61.4 Å². The van der Waals surface area contributed by atoms with Crippen LogP contribution in [0.3, 0.4) is 0 Å². The van der Waals surface area contributed by atoms with Crippen LogP contribution < -0.4 is 10.2 Å². The number of aryl methyl sites for hydroxylation is 1. The van der Waals surface area contributed by atoms with Crippen molar-refractivity contribution < 1.29 is 4.79 Å². The second kappa shape index (κ2) is 11.4. The molecule has 0 saturated carbocycles. The summed E-state index contributed by atoms with van der Waals surface area (Å²) >= 11 is 1.49. The van der Waals surface area contributed by atoms with E-state index in [0.717, 1.165) is 62.1 Å². The number of carbonyl (C=O) groups is 1. The molecule has 0 aliphatic carbocycles. The molecule has 174 valence electrons. The molecule has 0 spiro atoms. The normalized spacial score (nSPS) is 15.4. The molecule has 1 aromatic heterocycles. The van der Waals surface area contributed by atoms with Crippen molar-refractivity contribution in [2.75, 3.05) is 44.2 Å². The Morgan fingerprint density at radius 1 is 1.06 bits per heavy atom. The highest BCUT2D eigenvalue weighted by molar-refractivity contribution is 7.09. The van der Waals surface area contributed by atoms with Crippen molar-refractivity contribution in [2.45, 2.75) is 32.6 Å². The van der Waals surface area contributed by atoms with Gasteiger partial charge in [0.15, 0.2) is 0 Å². The number of hydrogen-bond donors (Lipinski definition) is 1. The van der Waals surface area contributed by atoms with Crippen molar-refractivity contribution >= 4 is 22.6 Å². The van der Waals surface area contributed by atoms with Gasteiger partial charge in [0.05, 0.1) is 5.92 Å². The van der Waals surface area contributed by atoms with Gasteiger partial charge in [0.25, 0.3) is 0 Å². The number of benzene rings is 2. The molecule has 33 heavy (non-hydrogen) atoms. The van der Waals surface area contributed by atoms with Gasteiger partial charge in [0.1, 0.15) is 5.82 Å². The molecule has 0 bridgehead atoms. The van der Waals surface area contributed by atoms with E-state index in [1.165, 1.54) is 22.7 Å². The summed E-state index contributed by atoms with van der Waals surface area (Å²) in [6.45, 7) is 9.54. The highest BCUT2D eigenvalue weighted by Gasteiger charge is 2.21. The smallest absolute Gasteiger partial charge is 0.227 e. The zero-order valence-electron chi connectivity index (χ0n) is 19.5. The zero-order chi connectivity index (χ0) is 23.0. The Kier molecular flexibility index (Phi) is 8.07. The quantitative estimate of drug-likeness (QED) is 0.522. The molecule has 1 fully saturated rings. The summed E-state index contributed by atoms with van der Waals surface area (Å²) in [5, 5.41) is 4.15. The number of piperazine rings is 1. The maximum absolute atomic E-state index is 12.7. The van der Waals surface area contributed by atoms with Crippen LogP contribution >= 0.6 is 11.5 Å². The lowest BCUT2D eigenvalue weighted by Crippen LogP contribution is -2.48. The minimum atomic E-state index is -0.0745. The van der Waals surface area contributed by atoms with Crippen LogP contribution in [-0.2, 0) is 11.2 Å². The fourth-order valence-electron chi connectivity index (χ4n) is 4.21. The van der Waals surface area contributed by atoms with Crippen molar-refractivity contribution in [3.63, 3.8) is 0 Å². The summed E-state index contributed by atoms with van der Waals surface area (Å²) < 4.78 is 4.57. The number of nitrogens with zero attached hydrogens (tertiary/aromatic N) is 4. The Labute approximate surface area is 200 Å². The van der Waals surface area contributed by atoms with Crippen LogP contribution in [0, 0.1) is 6.92 Å². The van der Waals surface area contributed by atoms with E-state index in [9.17, 15) is 4.79 Å². The van der Waals surface area contributed by atoms with Gasteiger partial charge >= 0.3 is 0 Å². The Bertz CT molecular complexity index is 1010. The first kappa shape index (κ1) is 23.4. The predicted molar refractivity (Wildman–Crippen MR) is 135 cm³/mol. The summed E-state index contributed by atoms with van der Waals surface area (Å²) in [5.41, 5.74) is 3.60. The Morgan fingerprint density at radius 2 is 1.79 bits per heavy atom. The van der Waals surface area contributed by atoms with Crippen LogP contribution in [0.15, 0.2) is 54.6 Å². The molecule has 2 aromatic carbocycles. The molecular formula is C26H33N5OS. The summed E-state index contributed by atoms with van der Waals surface area (Å²) in [6.07, 6.45) is 1.58. The van der Waals surface area contributed by atoms with Gasteiger partial charge in [-0.1, -0.05) is 67.1 Å². The molecular weight excluding hydrogens is 430 g/mol. The van der Waals surface area contributed by atoms with Crippen molar-refractivity contribution in [1.29, 1.82) is 0 Å². The second-order valence-electron chi connectivity index (χ2n) is 8.65.